The fraction of sp³-hybridized carbons (Fsp3) is 0.250. The van der Waals surface area contributed by atoms with Crippen molar-refractivity contribution in [1.82, 2.24) is 0 Å². The average molecular weight is 226 g/mol. The van der Waals surface area contributed by atoms with E-state index in [0.717, 1.165) is 0 Å². The summed E-state index contributed by atoms with van der Waals surface area (Å²) in [5.74, 6) is -1.00. The first-order valence-corrected chi connectivity index (χ1v) is 4.97. The summed E-state index contributed by atoms with van der Waals surface area (Å²) >= 11 is 0. The maximum atomic E-state index is 11.6. The van der Waals surface area contributed by atoms with E-state index in [9.17, 15) is 9.90 Å². The third kappa shape index (κ3) is 4.99. The summed E-state index contributed by atoms with van der Waals surface area (Å²) < 4.78 is 4.72. The van der Waals surface area contributed by atoms with Gasteiger partial charge >= 0.3 is 18.9 Å². The Morgan fingerprint density at radius 3 is 2.47 bits per heavy atom. The van der Waals surface area contributed by atoms with Gasteiger partial charge in [-0.05, 0) is 12.2 Å². The molecule has 0 aliphatic heterocycles. The molecular weight excluding hydrogens is 213 g/mol. The molecule has 1 aromatic rings. The zero-order valence-electron chi connectivity index (χ0n) is 10.3. The third-order valence-corrected chi connectivity index (χ3v) is 1.86. The van der Waals surface area contributed by atoms with Gasteiger partial charge in [0.1, 0.15) is 0 Å². The van der Waals surface area contributed by atoms with E-state index in [-0.39, 0.29) is 31.2 Å². The van der Waals surface area contributed by atoms with Crippen LogP contribution in [0.4, 0.5) is 0 Å². The van der Waals surface area contributed by atoms with Gasteiger partial charge in [0.05, 0.1) is 5.91 Å². The minimum absolute atomic E-state index is 0. The van der Waals surface area contributed by atoms with Gasteiger partial charge in [0, 0.05) is 5.95 Å². The first-order chi connectivity index (χ1) is 7.65. The van der Waals surface area contributed by atoms with E-state index < -0.39 is 11.9 Å². The molecule has 1 aromatic carbocycles. The number of carbonyl (C=O) groups is 1. The molecule has 0 N–H and O–H groups in total. The van der Waals surface area contributed by atoms with Crippen molar-refractivity contribution in [3.8, 4) is 0 Å². The van der Waals surface area contributed by atoms with Gasteiger partial charge in [0.25, 0.3) is 0 Å². The van der Waals surface area contributed by atoms with E-state index in [0.29, 0.717) is 5.56 Å². The van der Waals surface area contributed by atoms with Crippen LogP contribution in [-0.2, 0) is 4.74 Å². The van der Waals surface area contributed by atoms with Gasteiger partial charge in [0.2, 0.25) is 0 Å². The monoisotopic (exact) mass is 226 g/mol. The molecule has 4 nitrogen and oxygen atoms in total. The van der Waals surface area contributed by atoms with Gasteiger partial charge in [-0.2, -0.15) is 0 Å². The molecule has 86 valence electrons. The van der Waals surface area contributed by atoms with Crippen LogP contribution in [-0.4, -0.2) is 12.5 Å². The molecule has 0 unspecified atom stereocenters. The number of amides is 1. The number of hydrogen-bond donors (Lipinski definition) is 0. The largest absolute Gasteiger partial charge is 1.00 e. The fourth-order valence-corrected chi connectivity index (χ4v) is 1.08. The van der Waals surface area contributed by atoms with Crippen LogP contribution in [0.1, 0.15) is 24.2 Å². The zero-order chi connectivity index (χ0) is 12.0. The zero-order valence-corrected chi connectivity index (χ0v) is 10.3. The van der Waals surface area contributed by atoms with Gasteiger partial charge in [-0.25, -0.2) is 0 Å². The summed E-state index contributed by atoms with van der Waals surface area (Å²) in [7, 11) is 0. The quantitative estimate of drug-likeness (QED) is 0.478. The molecule has 0 aromatic heterocycles. The Morgan fingerprint density at radius 2 is 1.94 bits per heavy atom. The number of carbonyl (C=O) groups excluding carboxylic acids is 1. The molecule has 1 rings (SSSR count). The maximum Gasteiger partial charge on any atom is 1.00 e. The van der Waals surface area contributed by atoms with Crippen molar-refractivity contribution in [3.05, 3.63) is 52.9 Å². The molecular formula is C12H13LiNO3-. The van der Waals surface area contributed by atoms with Crippen LogP contribution in [0.5, 0.6) is 0 Å². The van der Waals surface area contributed by atoms with Crippen molar-refractivity contribution in [2.75, 3.05) is 6.61 Å². The van der Waals surface area contributed by atoms with Crippen molar-refractivity contribution in [2.45, 2.75) is 13.8 Å². The standard InChI is InChI=1S/C12H15NO3.Li/c1-3-16-12(15)9(2)13-11(14)10-7-5-4-6-8-10;/h4-8H,3H2,1-2H3,(H2,13,14,15);/q;+1/p-2/b12-9+;. The minimum atomic E-state index is -0.563. The molecule has 0 saturated carbocycles. The molecule has 17 heavy (non-hydrogen) atoms. The molecule has 0 aliphatic carbocycles. The SMILES string of the molecule is CCO/C([O-])=C(\C)[N-]C(=O)c1ccccc1.[Li+]. The molecule has 0 aliphatic rings. The Balaban J connectivity index is 0.00000256. The molecule has 0 saturated heterocycles. The number of nitrogens with zero attached hydrogens (tertiary/aromatic N) is 1. The molecule has 0 bridgehead atoms. The number of benzene rings is 1. The van der Waals surface area contributed by atoms with Crippen LogP contribution in [0.2, 0.25) is 0 Å². The average Bonchev–Trinajstić information content (AvgIpc) is 2.30. The van der Waals surface area contributed by atoms with Gasteiger partial charge in [0.15, 0.2) is 0 Å². The van der Waals surface area contributed by atoms with E-state index in [1.807, 2.05) is 0 Å². The fourth-order valence-electron chi connectivity index (χ4n) is 1.08. The summed E-state index contributed by atoms with van der Waals surface area (Å²) in [5.41, 5.74) is 0.516. The summed E-state index contributed by atoms with van der Waals surface area (Å²) in [6, 6.07) is 8.57. The van der Waals surface area contributed by atoms with E-state index >= 15 is 0 Å². The van der Waals surface area contributed by atoms with E-state index in [2.05, 4.69) is 5.32 Å². The first kappa shape index (κ1) is 15.6. The Bertz CT molecular complexity index is 390. The second-order valence-electron chi connectivity index (χ2n) is 3.09. The van der Waals surface area contributed by atoms with Gasteiger partial charge < -0.3 is 20.0 Å². The first-order valence-electron chi connectivity index (χ1n) is 4.97. The summed E-state index contributed by atoms with van der Waals surface area (Å²) in [4.78, 5) is 11.6. The smallest absolute Gasteiger partial charge is 0.625 e. The molecule has 5 heteroatoms. The Kier molecular flexibility index (Phi) is 7.20. The molecule has 0 radical (unpaired) electrons. The Morgan fingerprint density at radius 1 is 1.35 bits per heavy atom. The molecule has 0 fully saturated rings. The van der Waals surface area contributed by atoms with Crippen LogP contribution < -0.4 is 24.0 Å². The van der Waals surface area contributed by atoms with Crippen molar-refractivity contribution >= 4 is 5.91 Å². The minimum Gasteiger partial charge on any atom is -0.625 e. The summed E-state index contributed by atoms with van der Waals surface area (Å²) in [6.45, 7) is 3.42. The van der Waals surface area contributed by atoms with Crippen molar-refractivity contribution in [3.63, 3.8) is 0 Å². The molecule has 0 heterocycles. The second-order valence-corrected chi connectivity index (χ2v) is 3.09. The van der Waals surface area contributed by atoms with Crippen LogP contribution in [0.15, 0.2) is 42.0 Å². The van der Waals surface area contributed by atoms with E-state index in [4.69, 9.17) is 4.74 Å². The molecule has 0 spiro atoms. The normalized spacial score (nSPS) is 10.9. The predicted molar refractivity (Wildman–Crippen MR) is 58.5 cm³/mol. The number of ether oxygens (including phenoxy) is 1. The topological polar surface area (TPSA) is 63.5 Å². The van der Waals surface area contributed by atoms with Gasteiger partial charge in [-0.3, -0.25) is 0 Å². The van der Waals surface area contributed by atoms with Crippen LogP contribution in [0.3, 0.4) is 0 Å². The van der Waals surface area contributed by atoms with Crippen LogP contribution >= 0.6 is 0 Å². The number of hydrogen-bond acceptors (Lipinski definition) is 3. The van der Waals surface area contributed by atoms with Crippen molar-refractivity contribution < 1.29 is 33.5 Å². The Labute approximate surface area is 113 Å². The van der Waals surface area contributed by atoms with E-state index in [1.165, 1.54) is 6.92 Å². The molecule has 1 amide bonds. The van der Waals surface area contributed by atoms with Crippen LogP contribution in [0.25, 0.3) is 5.32 Å². The van der Waals surface area contributed by atoms with Crippen LogP contribution in [0, 0.1) is 0 Å². The maximum absolute atomic E-state index is 11.6. The van der Waals surface area contributed by atoms with Gasteiger partial charge in [-0.1, -0.05) is 44.2 Å². The van der Waals surface area contributed by atoms with E-state index in [1.54, 1.807) is 37.3 Å². The summed E-state index contributed by atoms with van der Waals surface area (Å²) in [5, 5.41) is 14.9. The van der Waals surface area contributed by atoms with Crippen molar-refractivity contribution in [2.24, 2.45) is 0 Å². The second kappa shape index (κ2) is 7.83. The third-order valence-electron chi connectivity index (χ3n) is 1.86. The van der Waals surface area contributed by atoms with Crippen molar-refractivity contribution in [1.29, 1.82) is 0 Å². The predicted octanol–water partition coefficient (Wildman–Crippen LogP) is -1.21. The molecule has 0 atom stereocenters. The number of allylic oxidation sites excluding steroid dienone is 1. The number of rotatable bonds is 4. The summed E-state index contributed by atoms with van der Waals surface area (Å²) in [6.07, 6.45) is 0. The van der Waals surface area contributed by atoms with Gasteiger partial charge in [-0.15, -0.1) is 5.70 Å². The Hall–Kier alpha value is -1.37.